The number of carbonyl (C=O) groups excluding carboxylic acids is 2. The van der Waals surface area contributed by atoms with Crippen molar-refractivity contribution >= 4 is 27.7 Å². The molecule has 0 bridgehead atoms. The Hall–Kier alpha value is -1.20. The van der Waals surface area contributed by atoms with Crippen molar-refractivity contribution in [2.45, 2.75) is 19.3 Å². The fraction of sp³-hybridized carbons (Fsp3) is 0.467. The second-order valence-corrected chi connectivity index (χ2v) is 5.89. The molecular formula is C15H18BrNO3. The van der Waals surface area contributed by atoms with E-state index in [-0.39, 0.29) is 6.61 Å². The molecule has 1 saturated heterocycles. The molecule has 1 aliphatic heterocycles. The Morgan fingerprint density at radius 3 is 2.75 bits per heavy atom. The summed E-state index contributed by atoms with van der Waals surface area (Å²) in [7, 11) is 2.10. The van der Waals surface area contributed by atoms with E-state index >= 15 is 0 Å². The van der Waals surface area contributed by atoms with E-state index in [2.05, 4.69) is 27.9 Å². The Kier molecular flexibility index (Phi) is 4.94. The number of likely N-dealkylation sites (tertiary alicyclic amines) is 1. The van der Waals surface area contributed by atoms with Crippen molar-refractivity contribution in [3.05, 3.63) is 33.8 Å². The van der Waals surface area contributed by atoms with Crippen LogP contribution in [-0.2, 0) is 9.53 Å². The number of rotatable bonds is 4. The predicted molar refractivity (Wildman–Crippen MR) is 80.0 cm³/mol. The minimum Gasteiger partial charge on any atom is -0.460 e. The van der Waals surface area contributed by atoms with Gasteiger partial charge in [0.15, 0.2) is 0 Å². The molecule has 1 fully saturated rings. The van der Waals surface area contributed by atoms with Gasteiger partial charge in [-0.1, -0.05) is 28.1 Å². The molecule has 5 heteroatoms. The van der Waals surface area contributed by atoms with Gasteiger partial charge in [0.05, 0.1) is 6.61 Å². The van der Waals surface area contributed by atoms with Crippen LogP contribution in [0.15, 0.2) is 22.7 Å². The molecule has 0 aromatic heterocycles. The lowest BCUT2D eigenvalue weighted by Crippen LogP contribution is -2.18. The summed E-state index contributed by atoms with van der Waals surface area (Å²) in [4.78, 5) is 25.6. The molecule has 0 saturated carbocycles. The van der Waals surface area contributed by atoms with E-state index in [1.165, 1.54) is 5.56 Å². The second kappa shape index (κ2) is 6.50. The standard InChI is InChI=1S/C15H18BrNO3/c1-3-20-15(19)14(18)10-4-5-12(13(16)8-10)11-6-7-17(2)9-11/h4-5,8,11H,3,6-7,9H2,1-2H3. The van der Waals surface area contributed by atoms with Crippen LogP contribution in [0.5, 0.6) is 0 Å². The van der Waals surface area contributed by atoms with Gasteiger partial charge in [0.1, 0.15) is 0 Å². The van der Waals surface area contributed by atoms with E-state index in [1.54, 1.807) is 19.1 Å². The van der Waals surface area contributed by atoms with E-state index in [1.807, 2.05) is 6.07 Å². The van der Waals surface area contributed by atoms with Crippen LogP contribution >= 0.6 is 15.9 Å². The maximum atomic E-state index is 11.9. The van der Waals surface area contributed by atoms with Crippen LogP contribution in [0.2, 0.25) is 0 Å². The van der Waals surface area contributed by atoms with Gasteiger partial charge in [-0.2, -0.15) is 0 Å². The Labute approximate surface area is 127 Å². The molecule has 1 aliphatic rings. The van der Waals surface area contributed by atoms with Gasteiger partial charge in [0.2, 0.25) is 0 Å². The summed E-state index contributed by atoms with van der Waals surface area (Å²) in [6, 6.07) is 5.35. The topological polar surface area (TPSA) is 46.6 Å². The van der Waals surface area contributed by atoms with Crippen molar-refractivity contribution in [2.75, 3.05) is 26.7 Å². The van der Waals surface area contributed by atoms with Gasteiger partial charge >= 0.3 is 5.97 Å². The molecule has 108 valence electrons. The minimum atomic E-state index is -0.798. The predicted octanol–water partition coefficient (Wildman–Crippen LogP) is 2.61. The van der Waals surface area contributed by atoms with Crippen molar-refractivity contribution in [3.8, 4) is 0 Å². The normalized spacial score (nSPS) is 19.1. The quantitative estimate of drug-likeness (QED) is 0.480. The number of nitrogens with zero attached hydrogens (tertiary/aromatic N) is 1. The van der Waals surface area contributed by atoms with Crippen LogP contribution in [0.25, 0.3) is 0 Å². The molecule has 20 heavy (non-hydrogen) atoms. The molecule has 0 radical (unpaired) electrons. The number of hydrogen-bond acceptors (Lipinski definition) is 4. The highest BCUT2D eigenvalue weighted by Crippen LogP contribution is 2.32. The third-order valence-electron chi connectivity index (χ3n) is 3.55. The second-order valence-electron chi connectivity index (χ2n) is 5.03. The number of likely N-dealkylation sites (N-methyl/N-ethyl adjacent to an activating group) is 1. The Balaban J connectivity index is 2.17. The number of carbonyl (C=O) groups is 2. The van der Waals surface area contributed by atoms with Crippen molar-refractivity contribution < 1.29 is 14.3 Å². The lowest BCUT2D eigenvalue weighted by Gasteiger charge is -2.13. The number of Topliss-reactive ketones (excluding diaryl/α,β-unsaturated/α-hetero) is 1. The fourth-order valence-corrected chi connectivity index (χ4v) is 3.21. The monoisotopic (exact) mass is 339 g/mol. The van der Waals surface area contributed by atoms with Crippen LogP contribution in [0.4, 0.5) is 0 Å². The minimum absolute atomic E-state index is 0.207. The average Bonchev–Trinajstić information content (AvgIpc) is 2.84. The maximum Gasteiger partial charge on any atom is 0.379 e. The summed E-state index contributed by atoms with van der Waals surface area (Å²) < 4.78 is 5.61. The van der Waals surface area contributed by atoms with E-state index in [0.29, 0.717) is 11.5 Å². The molecule has 0 N–H and O–H groups in total. The molecule has 0 spiro atoms. The van der Waals surface area contributed by atoms with E-state index < -0.39 is 11.8 Å². The SMILES string of the molecule is CCOC(=O)C(=O)c1ccc(C2CCN(C)C2)c(Br)c1. The first-order valence-electron chi connectivity index (χ1n) is 6.72. The molecule has 0 aliphatic carbocycles. The molecular weight excluding hydrogens is 322 g/mol. The van der Waals surface area contributed by atoms with Gasteiger partial charge in [0.25, 0.3) is 5.78 Å². The van der Waals surface area contributed by atoms with Gasteiger partial charge in [-0.15, -0.1) is 0 Å². The molecule has 4 nitrogen and oxygen atoms in total. The first-order valence-corrected chi connectivity index (χ1v) is 7.51. The summed E-state index contributed by atoms with van der Waals surface area (Å²) in [6.07, 6.45) is 1.11. The third-order valence-corrected chi connectivity index (χ3v) is 4.24. The number of halogens is 1. The van der Waals surface area contributed by atoms with Crippen LogP contribution in [0.3, 0.4) is 0 Å². The summed E-state index contributed by atoms with van der Waals surface area (Å²) in [5.41, 5.74) is 1.56. The van der Waals surface area contributed by atoms with E-state index in [0.717, 1.165) is 24.0 Å². The number of ether oxygens (including phenoxy) is 1. The summed E-state index contributed by atoms with van der Waals surface area (Å²) in [6.45, 7) is 3.99. The number of benzene rings is 1. The van der Waals surface area contributed by atoms with Gasteiger partial charge in [-0.3, -0.25) is 4.79 Å². The third kappa shape index (κ3) is 3.27. The van der Waals surface area contributed by atoms with Crippen LogP contribution in [0, 0.1) is 0 Å². The molecule has 1 atom stereocenters. The Morgan fingerprint density at radius 2 is 2.20 bits per heavy atom. The smallest absolute Gasteiger partial charge is 0.379 e. The maximum absolute atomic E-state index is 11.9. The highest BCUT2D eigenvalue weighted by molar-refractivity contribution is 9.10. The molecule has 0 amide bonds. The van der Waals surface area contributed by atoms with Crippen LogP contribution in [0.1, 0.15) is 35.2 Å². The molecule has 1 unspecified atom stereocenters. The van der Waals surface area contributed by atoms with Crippen LogP contribution < -0.4 is 0 Å². The Morgan fingerprint density at radius 1 is 1.45 bits per heavy atom. The van der Waals surface area contributed by atoms with Crippen molar-refractivity contribution in [2.24, 2.45) is 0 Å². The molecule has 1 aromatic rings. The molecule has 1 aromatic carbocycles. The van der Waals surface area contributed by atoms with E-state index in [9.17, 15) is 9.59 Å². The summed E-state index contributed by atoms with van der Waals surface area (Å²) in [5, 5.41) is 0. The van der Waals surface area contributed by atoms with Gasteiger partial charge in [-0.05, 0) is 44.5 Å². The zero-order valence-corrected chi connectivity index (χ0v) is 13.3. The Bertz CT molecular complexity index is 530. The average molecular weight is 340 g/mol. The van der Waals surface area contributed by atoms with Crippen LogP contribution in [-0.4, -0.2) is 43.4 Å². The first kappa shape index (κ1) is 15.2. The van der Waals surface area contributed by atoms with Crippen molar-refractivity contribution in [3.63, 3.8) is 0 Å². The van der Waals surface area contributed by atoms with Gasteiger partial charge in [-0.25, -0.2) is 4.79 Å². The molecule has 2 rings (SSSR count). The zero-order valence-electron chi connectivity index (χ0n) is 11.7. The molecule has 1 heterocycles. The first-order chi connectivity index (χ1) is 9.52. The van der Waals surface area contributed by atoms with Crippen molar-refractivity contribution in [1.29, 1.82) is 0 Å². The number of ketones is 1. The number of esters is 1. The zero-order chi connectivity index (χ0) is 14.7. The number of hydrogen-bond donors (Lipinski definition) is 0. The highest BCUT2D eigenvalue weighted by atomic mass is 79.9. The largest absolute Gasteiger partial charge is 0.460 e. The van der Waals surface area contributed by atoms with Crippen molar-refractivity contribution in [1.82, 2.24) is 4.90 Å². The lowest BCUT2D eigenvalue weighted by atomic mass is 9.96. The lowest BCUT2D eigenvalue weighted by molar-refractivity contribution is -0.137. The summed E-state index contributed by atoms with van der Waals surface area (Å²) in [5.74, 6) is -0.920. The van der Waals surface area contributed by atoms with E-state index in [4.69, 9.17) is 4.74 Å². The fourth-order valence-electron chi connectivity index (χ4n) is 2.50. The highest BCUT2D eigenvalue weighted by Gasteiger charge is 2.24. The summed E-state index contributed by atoms with van der Waals surface area (Å²) >= 11 is 3.51. The van der Waals surface area contributed by atoms with Gasteiger partial charge in [0, 0.05) is 16.6 Å². The van der Waals surface area contributed by atoms with Gasteiger partial charge < -0.3 is 9.64 Å².